The Morgan fingerprint density at radius 2 is 1.31 bits per heavy atom. The van der Waals surface area contributed by atoms with Gasteiger partial charge in [0.1, 0.15) is 6.61 Å². The van der Waals surface area contributed by atoms with Crippen molar-refractivity contribution in [3.8, 4) is 0 Å². The van der Waals surface area contributed by atoms with Crippen molar-refractivity contribution in [3.63, 3.8) is 0 Å². The predicted octanol–water partition coefficient (Wildman–Crippen LogP) is 6.57. The van der Waals surface area contributed by atoms with Crippen LogP contribution in [-0.4, -0.2) is 25.2 Å². The van der Waals surface area contributed by atoms with E-state index >= 15 is 0 Å². The fourth-order valence-corrected chi connectivity index (χ4v) is 3.12. The lowest BCUT2D eigenvalue weighted by Gasteiger charge is -2.13. The zero-order valence-electron chi connectivity index (χ0n) is 17.9. The van der Waals surface area contributed by atoms with Crippen molar-refractivity contribution in [1.29, 1.82) is 0 Å². The smallest absolute Gasteiger partial charge is 0.330 e. The third-order valence-electron chi connectivity index (χ3n) is 4.80. The summed E-state index contributed by atoms with van der Waals surface area (Å²) in [6.45, 7) is 7.62. The maximum absolute atomic E-state index is 11.2. The van der Waals surface area contributed by atoms with Crippen LogP contribution >= 0.6 is 0 Å². The summed E-state index contributed by atoms with van der Waals surface area (Å²) in [6.07, 6.45) is 22.6. The summed E-state index contributed by atoms with van der Waals surface area (Å²) in [5.41, 5.74) is 0. The average Bonchev–Trinajstić information content (AvgIpc) is 2.63. The van der Waals surface area contributed by atoms with Crippen LogP contribution in [0.2, 0.25) is 0 Å². The van der Waals surface area contributed by atoms with Gasteiger partial charge in [-0.05, 0) is 26.8 Å². The molecule has 3 heteroatoms. The van der Waals surface area contributed by atoms with Gasteiger partial charge in [-0.3, -0.25) is 0 Å². The van der Waals surface area contributed by atoms with Crippen molar-refractivity contribution < 1.29 is 9.53 Å². The maximum Gasteiger partial charge on any atom is 0.330 e. The minimum atomic E-state index is -0.252. The molecule has 0 saturated heterocycles. The lowest BCUT2D eigenvalue weighted by atomic mass is 10.0. The molecule has 0 aliphatic carbocycles. The number of nitrogens with one attached hydrogen (secondary N) is 1. The van der Waals surface area contributed by atoms with E-state index in [1.165, 1.54) is 96.0 Å². The Morgan fingerprint density at radius 1 is 0.846 bits per heavy atom. The van der Waals surface area contributed by atoms with Gasteiger partial charge in [-0.2, -0.15) is 0 Å². The lowest BCUT2D eigenvalue weighted by Crippen LogP contribution is -2.32. The molecule has 1 N–H and O–H groups in total. The summed E-state index contributed by atoms with van der Waals surface area (Å²) >= 11 is 0. The number of esters is 1. The topological polar surface area (TPSA) is 38.3 Å². The molecule has 0 rings (SSSR count). The van der Waals surface area contributed by atoms with Crippen molar-refractivity contribution >= 4 is 5.97 Å². The molecule has 0 aromatic rings. The fraction of sp³-hybridized carbons (Fsp3) is 0.870. The molecular weight excluding hydrogens is 322 g/mol. The molecule has 0 aromatic carbocycles. The van der Waals surface area contributed by atoms with Crippen LogP contribution in [0.3, 0.4) is 0 Å². The van der Waals surface area contributed by atoms with Gasteiger partial charge >= 0.3 is 5.97 Å². The Kier molecular flexibility index (Phi) is 19.8. The maximum atomic E-state index is 11.2. The Hall–Kier alpha value is -0.830. The van der Waals surface area contributed by atoms with Gasteiger partial charge in [-0.25, -0.2) is 4.79 Å². The van der Waals surface area contributed by atoms with Gasteiger partial charge < -0.3 is 10.1 Å². The van der Waals surface area contributed by atoms with Crippen LogP contribution in [0.15, 0.2) is 12.2 Å². The first-order valence-corrected chi connectivity index (χ1v) is 11.2. The van der Waals surface area contributed by atoms with Crippen molar-refractivity contribution in [3.05, 3.63) is 12.2 Å². The largest absolute Gasteiger partial charge is 0.461 e. The first kappa shape index (κ1) is 25.2. The molecule has 0 aromatic heterocycles. The second-order valence-electron chi connectivity index (χ2n) is 7.58. The molecule has 0 aliphatic heterocycles. The normalized spacial score (nSPS) is 12.6. The zero-order chi connectivity index (χ0) is 19.3. The van der Waals surface area contributed by atoms with E-state index < -0.39 is 0 Å². The van der Waals surface area contributed by atoms with Crippen molar-refractivity contribution in [2.75, 3.05) is 13.2 Å². The molecule has 1 unspecified atom stereocenters. The van der Waals surface area contributed by atoms with Crippen LogP contribution < -0.4 is 5.32 Å². The summed E-state index contributed by atoms with van der Waals surface area (Å²) < 4.78 is 5.13. The molecule has 0 heterocycles. The molecule has 0 bridgehead atoms. The van der Waals surface area contributed by atoms with E-state index in [4.69, 9.17) is 4.74 Å². The van der Waals surface area contributed by atoms with E-state index in [1.54, 1.807) is 6.08 Å². The fourth-order valence-electron chi connectivity index (χ4n) is 3.12. The Bertz CT molecular complexity index is 328. The van der Waals surface area contributed by atoms with E-state index in [0.717, 1.165) is 6.54 Å². The third-order valence-corrected chi connectivity index (χ3v) is 4.80. The number of ether oxygens (including phenoxy) is 1. The van der Waals surface area contributed by atoms with Crippen LogP contribution in [-0.2, 0) is 9.53 Å². The minimum Gasteiger partial charge on any atom is -0.461 e. The molecule has 3 nitrogen and oxygen atoms in total. The van der Waals surface area contributed by atoms with Gasteiger partial charge in [0.2, 0.25) is 0 Å². The first-order chi connectivity index (χ1) is 12.7. The SMILES string of the molecule is CC=CC(=O)OCC(C)NCCCCCCCCCCCCCCCC. The molecule has 26 heavy (non-hydrogen) atoms. The molecular formula is C23H45NO2. The minimum absolute atomic E-state index is 0.228. The quantitative estimate of drug-likeness (QED) is 0.159. The molecule has 0 fully saturated rings. The van der Waals surface area contributed by atoms with Gasteiger partial charge in [-0.1, -0.05) is 96.5 Å². The van der Waals surface area contributed by atoms with E-state index in [2.05, 4.69) is 19.2 Å². The number of allylic oxidation sites excluding steroid dienone is 1. The highest BCUT2D eigenvalue weighted by atomic mass is 16.5. The lowest BCUT2D eigenvalue weighted by molar-refractivity contribution is -0.138. The van der Waals surface area contributed by atoms with Crippen LogP contribution in [0.1, 0.15) is 111 Å². The van der Waals surface area contributed by atoms with Crippen molar-refractivity contribution in [2.24, 2.45) is 0 Å². The Balaban J connectivity index is 3.18. The number of carbonyl (C=O) groups is 1. The molecule has 0 radical (unpaired) electrons. The summed E-state index contributed by atoms with van der Waals surface area (Å²) in [6, 6.07) is 0.228. The molecule has 0 spiro atoms. The highest BCUT2D eigenvalue weighted by molar-refractivity contribution is 5.81. The summed E-state index contributed by atoms with van der Waals surface area (Å²) in [5.74, 6) is -0.252. The molecule has 0 amide bonds. The monoisotopic (exact) mass is 367 g/mol. The average molecular weight is 368 g/mol. The van der Waals surface area contributed by atoms with Crippen molar-refractivity contribution in [1.82, 2.24) is 5.32 Å². The molecule has 0 aliphatic rings. The van der Waals surface area contributed by atoms with Gasteiger partial charge in [-0.15, -0.1) is 0 Å². The summed E-state index contributed by atoms with van der Waals surface area (Å²) in [7, 11) is 0. The molecule has 1 atom stereocenters. The molecule has 154 valence electrons. The summed E-state index contributed by atoms with van der Waals surface area (Å²) in [4.78, 5) is 11.2. The van der Waals surface area contributed by atoms with Crippen LogP contribution in [0.4, 0.5) is 0 Å². The van der Waals surface area contributed by atoms with Crippen LogP contribution in [0, 0.1) is 0 Å². The van der Waals surface area contributed by atoms with Crippen LogP contribution in [0.5, 0.6) is 0 Å². The van der Waals surface area contributed by atoms with E-state index in [9.17, 15) is 4.79 Å². The van der Waals surface area contributed by atoms with Gasteiger partial charge in [0, 0.05) is 12.1 Å². The number of rotatable bonds is 19. The standard InChI is InChI=1S/C23H45NO2/c1-4-6-7-8-9-10-11-12-13-14-15-16-17-18-20-24-22(3)21-26-23(25)19-5-2/h5,19,22,24H,4,6-18,20-21H2,1-3H3. The second kappa shape index (κ2) is 20.5. The van der Waals surface area contributed by atoms with Gasteiger partial charge in [0.15, 0.2) is 0 Å². The van der Waals surface area contributed by atoms with E-state index in [-0.39, 0.29) is 12.0 Å². The highest BCUT2D eigenvalue weighted by Crippen LogP contribution is 2.12. The third kappa shape index (κ3) is 19.5. The number of carbonyl (C=O) groups excluding carboxylic acids is 1. The second-order valence-corrected chi connectivity index (χ2v) is 7.58. The van der Waals surface area contributed by atoms with E-state index in [0.29, 0.717) is 6.61 Å². The molecule has 0 saturated carbocycles. The predicted molar refractivity (Wildman–Crippen MR) is 114 cm³/mol. The zero-order valence-corrected chi connectivity index (χ0v) is 17.9. The number of hydrogen-bond acceptors (Lipinski definition) is 3. The number of hydrogen-bond donors (Lipinski definition) is 1. The first-order valence-electron chi connectivity index (χ1n) is 11.2. The van der Waals surface area contributed by atoms with Crippen molar-refractivity contribution in [2.45, 2.75) is 117 Å². The van der Waals surface area contributed by atoms with E-state index in [1.807, 2.05) is 6.92 Å². The Labute approximate surface area is 163 Å². The highest BCUT2D eigenvalue weighted by Gasteiger charge is 2.03. The van der Waals surface area contributed by atoms with Gasteiger partial charge in [0.05, 0.1) is 0 Å². The Morgan fingerprint density at radius 3 is 1.77 bits per heavy atom. The van der Waals surface area contributed by atoms with Gasteiger partial charge in [0.25, 0.3) is 0 Å². The number of unbranched alkanes of at least 4 members (excludes halogenated alkanes) is 13. The van der Waals surface area contributed by atoms with Crippen LogP contribution in [0.25, 0.3) is 0 Å². The summed E-state index contributed by atoms with van der Waals surface area (Å²) in [5, 5.41) is 3.42.